The van der Waals surface area contributed by atoms with E-state index in [-0.39, 0.29) is 11.8 Å². The average Bonchev–Trinajstić information content (AvgIpc) is 2.30. The number of nitrogens with zero attached hydrogens (tertiary/aromatic N) is 1. The van der Waals surface area contributed by atoms with Crippen LogP contribution in [0.5, 0.6) is 0 Å². The molecule has 0 N–H and O–H groups in total. The highest BCUT2D eigenvalue weighted by atomic mass is 16.5. The van der Waals surface area contributed by atoms with Gasteiger partial charge in [0, 0.05) is 18.5 Å². The predicted molar refractivity (Wildman–Crippen MR) is 51.2 cm³/mol. The minimum atomic E-state index is -0.0208. The van der Waals surface area contributed by atoms with Crippen LogP contribution in [0.15, 0.2) is 0 Å². The molecular formula is C10H19NO2. The molecule has 0 spiro atoms. The van der Waals surface area contributed by atoms with Gasteiger partial charge in [0.05, 0.1) is 0 Å². The Morgan fingerprint density at radius 1 is 1.46 bits per heavy atom. The quantitative estimate of drug-likeness (QED) is 0.612. The molecule has 0 radical (unpaired) electrons. The highest BCUT2D eigenvalue weighted by molar-refractivity contribution is 5.37. The Balaban J connectivity index is 2.65. The summed E-state index contributed by atoms with van der Waals surface area (Å²) in [6.07, 6.45) is 0.934. The van der Waals surface area contributed by atoms with Crippen molar-refractivity contribution in [1.29, 1.82) is 0 Å². The van der Waals surface area contributed by atoms with Crippen LogP contribution in [0, 0.1) is 5.92 Å². The van der Waals surface area contributed by atoms with E-state index in [1.54, 1.807) is 0 Å². The van der Waals surface area contributed by atoms with E-state index >= 15 is 0 Å². The maximum atomic E-state index is 10.3. The molecule has 0 bridgehead atoms. The van der Waals surface area contributed by atoms with Crippen molar-refractivity contribution in [3.63, 3.8) is 0 Å². The summed E-state index contributed by atoms with van der Waals surface area (Å²) < 4.78 is 5.06. The van der Waals surface area contributed by atoms with Gasteiger partial charge in [0.15, 0.2) is 6.23 Å². The highest BCUT2D eigenvalue weighted by Gasteiger charge is 2.37. The topological polar surface area (TPSA) is 29.5 Å². The van der Waals surface area contributed by atoms with Gasteiger partial charge >= 0.3 is 0 Å². The fourth-order valence-electron chi connectivity index (χ4n) is 1.90. The molecule has 0 amide bonds. The van der Waals surface area contributed by atoms with Gasteiger partial charge in [0.25, 0.3) is 6.47 Å². The van der Waals surface area contributed by atoms with Crippen molar-refractivity contribution in [3.8, 4) is 0 Å². The largest absolute Gasteiger partial charge is 0.449 e. The number of carbonyl (C=O) groups excluding carboxylic acids is 1. The SMILES string of the molecule is CC1CC(OC=O)N(C(C)(C)C)C1. The van der Waals surface area contributed by atoms with Crippen LogP contribution in [-0.4, -0.2) is 29.7 Å². The Morgan fingerprint density at radius 2 is 2.08 bits per heavy atom. The summed E-state index contributed by atoms with van der Waals surface area (Å²) in [5.74, 6) is 0.615. The lowest BCUT2D eigenvalue weighted by atomic mass is 10.1. The molecule has 2 unspecified atom stereocenters. The lowest BCUT2D eigenvalue weighted by Crippen LogP contribution is -2.45. The number of ether oxygens (including phenoxy) is 1. The van der Waals surface area contributed by atoms with E-state index in [4.69, 9.17) is 4.74 Å². The summed E-state index contributed by atoms with van der Waals surface area (Å²) in [7, 11) is 0. The Hall–Kier alpha value is -0.570. The monoisotopic (exact) mass is 185 g/mol. The van der Waals surface area contributed by atoms with Crippen molar-refractivity contribution < 1.29 is 9.53 Å². The number of likely N-dealkylation sites (tertiary alicyclic amines) is 1. The summed E-state index contributed by atoms with van der Waals surface area (Å²) >= 11 is 0. The molecule has 1 aliphatic rings. The van der Waals surface area contributed by atoms with E-state index in [1.165, 1.54) is 0 Å². The molecule has 1 saturated heterocycles. The standard InChI is InChI=1S/C10H19NO2/c1-8-5-9(13-7-12)11(6-8)10(2,3)4/h7-9H,5-6H2,1-4H3. The first-order valence-corrected chi connectivity index (χ1v) is 4.81. The molecule has 1 aliphatic heterocycles. The average molecular weight is 185 g/mol. The van der Waals surface area contributed by atoms with Crippen molar-refractivity contribution in [2.24, 2.45) is 5.92 Å². The Bertz CT molecular complexity index is 186. The van der Waals surface area contributed by atoms with Crippen LogP contribution >= 0.6 is 0 Å². The maximum absolute atomic E-state index is 10.3. The number of carbonyl (C=O) groups is 1. The van der Waals surface area contributed by atoms with E-state index in [9.17, 15) is 4.79 Å². The van der Waals surface area contributed by atoms with Crippen LogP contribution < -0.4 is 0 Å². The van der Waals surface area contributed by atoms with Gasteiger partial charge in [-0.3, -0.25) is 9.69 Å². The number of hydrogen-bond donors (Lipinski definition) is 0. The minimum Gasteiger partial charge on any atom is -0.449 e. The van der Waals surface area contributed by atoms with Crippen LogP contribution in [0.3, 0.4) is 0 Å². The van der Waals surface area contributed by atoms with Gasteiger partial charge < -0.3 is 4.74 Å². The van der Waals surface area contributed by atoms with E-state index in [1.807, 2.05) is 0 Å². The molecule has 2 atom stereocenters. The van der Waals surface area contributed by atoms with Crippen LogP contribution in [0.1, 0.15) is 34.1 Å². The molecule has 0 aromatic rings. The Labute approximate surface area is 80.1 Å². The van der Waals surface area contributed by atoms with Gasteiger partial charge in [-0.25, -0.2) is 0 Å². The molecule has 1 rings (SSSR count). The van der Waals surface area contributed by atoms with Crippen molar-refractivity contribution in [2.45, 2.75) is 45.9 Å². The highest BCUT2D eigenvalue weighted by Crippen LogP contribution is 2.29. The molecule has 3 heteroatoms. The van der Waals surface area contributed by atoms with Crippen LogP contribution in [0.25, 0.3) is 0 Å². The third-order valence-corrected chi connectivity index (χ3v) is 2.53. The minimum absolute atomic E-state index is 0.0208. The second kappa shape index (κ2) is 3.66. The number of hydrogen-bond acceptors (Lipinski definition) is 3. The van der Waals surface area contributed by atoms with E-state index in [0.717, 1.165) is 13.0 Å². The summed E-state index contributed by atoms with van der Waals surface area (Å²) in [6.45, 7) is 10.2. The van der Waals surface area contributed by atoms with Gasteiger partial charge in [0.2, 0.25) is 0 Å². The Morgan fingerprint density at radius 3 is 2.54 bits per heavy atom. The Kier molecular flexibility index (Phi) is 2.96. The molecule has 0 aromatic carbocycles. The molecule has 3 nitrogen and oxygen atoms in total. The molecule has 76 valence electrons. The van der Waals surface area contributed by atoms with Gasteiger partial charge in [0.1, 0.15) is 0 Å². The first kappa shape index (κ1) is 10.5. The first-order valence-electron chi connectivity index (χ1n) is 4.81. The van der Waals surface area contributed by atoms with E-state index < -0.39 is 0 Å². The van der Waals surface area contributed by atoms with Crippen LogP contribution in [0.4, 0.5) is 0 Å². The van der Waals surface area contributed by atoms with Crippen LogP contribution in [0.2, 0.25) is 0 Å². The van der Waals surface area contributed by atoms with Crippen molar-refractivity contribution in [1.82, 2.24) is 4.90 Å². The summed E-state index contributed by atoms with van der Waals surface area (Å²) in [6, 6.07) is 0. The fourth-order valence-corrected chi connectivity index (χ4v) is 1.90. The molecule has 1 heterocycles. The molecule has 13 heavy (non-hydrogen) atoms. The predicted octanol–water partition coefficient (Wildman–Crippen LogP) is 1.63. The third-order valence-electron chi connectivity index (χ3n) is 2.53. The van der Waals surface area contributed by atoms with Crippen molar-refractivity contribution >= 4 is 6.47 Å². The van der Waals surface area contributed by atoms with Gasteiger partial charge in [-0.2, -0.15) is 0 Å². The number of rotatable bonds is 2. The molecule has 1 fully saturated rings. The maximum Gasteiger partial charge on any atom is 0.294 e. The van der Waals surface area contributed by atoms with Crippen molar-refractivity contribution in [3.05, 3.63) is 0 Å². The second-order valence-corrected chi connectivity index (χ2v) is 4.85. The van der Waals surface area contributed by atoms with Gasteiger partial charge in [-0.15, -0.1) is 0 Å². The molecule has 0 aliphatic carbocycles. The van der Waals surface area contributed by atoms with E-state index in [0.29, 0.717) is 12.4 Å². The first-order chi connectivity index (χ1) is 5.95. The summed E-state index contributed by atoms with van der Waals surface area (Å²) in [4.78, 5) is 12.5. The fraction of sp³-hybridized carbons (Fsp3) is 0.900. The van der Waals surface area contributed by atoms with Gasteiger partial charge in [-0.05, 0) is 26.7 Å². The molecule has 0 aromatic heterocycles. The zero-order chi connectivity index (χ0) is 10.1. The van der Waals surface area contributed by atoms with E-state index in [2.05, 4.69) is 32.6 Å². The van der Waals surface area contributed by atoms with Crippen molar-refractivity contribution in [2.75, 3.05) is 6.54 Å². The smallest absolute Gasteiger partial charge is 0.294 e. The third kappa shape index (κ3) is 2.44. The van der Waals surface area contributed by atoms with Crippen LogP contribution in [-0.2, 0) is 9.53 Å². The lowest BCUT2D eigenvalue weighted by molar-refractivity contribution is -0.144. The summed E-state index contributed by atoms with van der Waals surface area (Å²) in [5, 5.41) is 0. The lowest BCUT2D eigenvalue weighted by Gasteiger charge is -2.35. The zero-order valence-electron chi connectivity index (χ0n) is 8.91. The van der Waals surface area contributed by atoms with Gasteiger partial charge in [-0.1, -0.05) is 6.92 Å². The zero-order valence-corrected chi connectivity index (χ0v) is 8.91. The normalized spacial score (nSPS) is 30.5. The summed E-state index contributed by atoms with van der Waals surface area (Å²) in [5.41, 5.74) is 0.0818. The molecule has 0 saturated carbocycles. The molecular weight excluding hydrogens is 166 g/mol. The second-order valence-electron chi connectivity index (χ2n) is 4.85.